The minimum Gasteiger partial charge on any atom is -0.338 e. The molecule has 0 heterocycles. The Morgan fingerprint density at radius 3 is 2.28 bits per heavy atom. The van der Waals surface area contributed by atoms with Crippen LogP contribution in [-0.4, -0.2) is 26.7 Å². The van der Waals surface area contributed by atoms with Gasteiger partial charge in [0.1, 0.15) is 0 Å². The van der Waals surface area contributed by atoms with Gasteiger partial charge in [0.15, 0.2) is 9.84 Å². The SMILES string of the molecule is CCCNC(=O)Nc1ccc(S(=O)(=O)CC)cc1. The molecule has 0 aromatic heterocycles. The number of carbonyl (C=O) groups is 1. The maximum Gasteiger partial charge on any atom is 0.319 e. The van der Waals surface area contributed by atoms with Crippen molar-refractivity contribution in [3.63, 3.8) is 0 Å². The summed E-state index contributed by atoms with van der Waals surface area (Å²) >= 11 is 0. The molecule has 0 saturated heterocycles. The second kappa shape index (κ2) is 6.39. The van der Waals surface area contributed by atoms with Gasteiger partial charge in [-0.25, -0.2) is 13.2 Å². The Kier molecular flexibility index (Phi) is 5.15. The van der Waals surface area contributed by atoms with E-state index in [9.17, 15) is 13.2 Å². The molecule has 18 heavy (non-hydrogen) atoms. The number of anilines is 1. The van der Waals surface area contributed by atoms with Crippen LogP contribution in [0.1, 0.15) is 20.3 Å². The van der Waals surface area contributed by atoms with E-state index in [1.807, 2.05) is 6.92 Å². The van der Waals surface area contributed by atoms with Crippen molar-refractivity contribution < 1.29 is 13.2 Å². The Hall–Kier alpha value is -1.56. The molecule has 0 radical (unpaired) electrons. The molecule has 100 valence electrons. The minimum atomic E-state index is -3.19. The summed E-state index contributed by atoms with van der Waals surface area (Å²) in [5, 5.41) is 5.30. The van der Waals surface area contributed by atoms with Crippen molar-refractivity contribution in [2.45, 2.75) is 25.2 Å². The monoisotopic (exact) mass is 270 g/mol. The smallest absolute Gasteiger partial charge is 0.319 e. The van der Waals surface area contributed by atoms with E-state index in [0.717, 1.165) is 6.42 Å². The molecule has 0 aliphatic heterocycles. The number of urea groups is 1. The maximum absolute atomic E-state index is 11.6. The van der Waals surface area contributed by atoms with Gasteiger partial charge < -0.3 is 10.6 Å². The highest BCUT2D eigenvalue weighted by Gasteiger charge is 2.11. The number of hydrogen-bond donors (Lipinski definition) is 2. The first-order valence-corrected chi connectivity index (χ1v) is 7.52. The zero-order valence-electron chi connectivity index (χ0n) is 10.6. The molecular formula is C12H18N2O3S. The van der Waals surface area contributed by atoms with Gasteiger partial charge in [-0.05, 0) is 30.7 Å². The highest BCUT2D eigenvalue weighted by Crippen LogP contribution is 2.15. The summed E-state index contributed by atoms with van der Waals surface area (Å²) in [6, 6.07) is 5.85. The lowest BCUT2D eigenvalue weighted by molar-refractivity contribution is 0.252. The number of hydrogen-bond acceptors (Lipinski definition) is 3. The zero-order valence-corrected chi connectivity index (χ0v) is 11.4. The third kappa shape index (κ3) is 4.03. The van der Waals surface area contributed by atoms with Gasteiger partial charge in [-0.15, -0.1) is 0 Å². The third-order valence-corrected chi connectivity index (χ3v) is 4.14. The number of nitrogens with one attached hydrogen (secondary N) is 2. The normalized spacial score (nSPS) is 11.0. The molecule has 6 heteroatoms. The lowest BCUT2D eigenvalue weighted by Gasteiger charge is -2.07. The Morgan fingerprint density at radius 1 is 1.17 bits per heavy atom. The highest BCUT2D eigenvalue weighted by molar-refractivity contribution is 7.91. The minimum absolute atomic E-state index is 0.0662. The van der Waals surface area contributed by atoms with E-state index in [-0.39, 0.29) is 16.7 Å². The standard InChI is InChI=1S/C12H18N2O3S/c1-3-9-13-12(15)14-10-5-7-11(8-6-10)18(16,17)4-2/h5-8H,3-4,9H2,1-2H3,(H2,13,14,15). The fraction of sp³-hybridized carbons (Fsp3) is 0.417. The Morgan fingerprint density at radius 2 is 1.78 bits per heavy atom. The summed E-state index contributed by atoms with van der Waals surface area (Å²) in [4.78, 5) is 11.6. The predicted octanol–water partition coefficient (Wildman–Crippen LogP) is 2.01. The van der Waals surface area contributed by atoms with Gasteiger partial charge in [-0.2, -0.15) is 0 Å². The summed E-state index contributed by atoms with van der Waals surface area (Å²) in [6.45, 7) is 4.17. The van der Waals surface area contributed by atoms with Crippen LogP contribution in [0.25, 0.3) is 0 Å². The average molecular weight is 270 g/mol. The number of amides is 2. The number of carbonyl (C=O) groups excluding carboxylic acids is 1. The van der Waals surface area contributed by atoms with Gasteiger partial charge in [0.05, 0.1) is 10.6 Å². The molecule has 1 rings (SSSR count). The topological polar surface area (TPSA) is 75.3 Å². The molecule has 5 nitrogen and oxygen atoms in total. The van der Waals surface area contributed by atoms with Gasteiger partial charge in [-0.3, -0.25) is 0 Å². The van der Waals surface area contributed by atoms with Gasteiger partial charge in [0.25, 0.3) is 0 Å². The molecule has 1 aromatic carbocycles. The van der Waals surface area contributed by atoms with Crippen molar-refractivity contribution >= 4 is 21.6 Å². The van der Waals surface area contributed by atoms with E-state index in [4.69, 9.17) is 0 Å². The van der Waals surface area contributed by atoms with Gasteiger partial charge in [0, 0.05) is 12.2 Å². The van der Waals surface area contributed by atoms with E-state index in [2.05, 4.69) is 10.6 Å². The lowest BCUT2D eigenvalue weighted by atomic mass is 10.3. The van der Waals surface area contributed by atoms with E-state index < -0.39 is 9.84 Å². The molecule has 0 atom stereocenters. The number of sulfone groups is 1. The van der Waals surface area contributed by atoms with E-state index >= 15 is 0 Å². The molecule has 0 aliphatic rings. The van der Waals surface area contributed by atoms with E-state index in [0.29, 0.717) is 12.2 Å². The Bertz CT molecular complexity index is 495. The molecule has 0 bridgehead atoms. The first-order valence-electron chi connectivity index (χ1n) is 5.87. The van der Waals surface area contributed by atoms with Crippen LogP contribution in [0.3, 0.4) is 0 Å². The quantitative estimate of drug-likeness (QED) is 0.859. The fourth-order valence-electron chi connectivity index (χ4n) is 1.33. The zero-order chi connectivity index (χ0) is 13.6. The molecule has 0 saturated carbocycles. The van der Waals surface area contributed by atoms with Crippen molar-refractivity contribution in [3.05, 3.63) is 24.3 Å². The number of rotatable bonds is 5. The van der Waals surface area contributed by atoms with E-state index in [1.165, 1.54) is 12.1 Å². The van der Waals surface area contributed by atoms with Crippen LogP contribution < -0.4 is 10.6 Å². The number of benzene rings is 1. The van der Waals surface area contributed by atoms with Gasteiger partial charge in [-0.1, -0.05) is 13.8 Å². The van der Waals surface area contributed by atoms with Crippen molar-refractivity contribution in [1.82, 2.24) is 5.32 Å². The second-order valence-corrected chi connectivity index (χ2v) is 6.09. The van der Waals surface area contributed by atoms with E-state index in [1.54, 1.807) is 19.1 Å². The van der Waals surface area contributed by atoms with Gasteiger partial charge >= 0.3 is 6.03 Å². The molecule has 0 spiro atoms. The largest absolute Gasteiger partial charge is 0.338 e. The first-order chi connectivity index (χ1) is 8.49. The molecule has 0 fully saturated rings. The Balaban J connectivity index is 2.69. The van der Waals surface area contributed by atoms with Crippen molar-refractivity contribution in [1.29, 1.82) is 0 Å². The van der Waals surface area contributed by atoms with Crippen molar-refractivity contribution in [3.8, 4) is 0 Å². The van der Waals surface area contributed by atoms with Crippen LogP contribution in [0.15, 0.2) is 29.2 Å². The van der Waals surface area contributed by atoms with Crippen LogP contribution in [0.5, 0.6) is 0 Å². The second-order valence-electron chi connectivity index (χ2n) is 3.81. The molecule has 1 aromatic rings. The predicted molar refractivity (Wildman–Crippen MR) is 71.5 cm³/mol. The molecule has 0 aliphatic carbocycles. The summed E-state index contributed by atoms with van der Waals surface area (Å²) in [7, 11) is -3.19. The lowest BCUT2D eigenvalue weighted by Crippen LogP contribution is -2.29. The van der Waals surface area contributed by atoms with Crippen molar-refractivity contribution in [2.75, 3.05) is 17.6 Å². The summed E-state index contributed by atoms with van der Waals surface area (Å²) in [6.07, 6.45) is 0.862. The summed E-state index contributed by atoms with van der Waals surface area (Å²) in [5.74, 6) is 0.0662. The Labute approximate surface area is 108 Å². The third-order valence-electron chi connectivity index (χ3n) is 2.39. The molecule has 2 amide bonds. The van der Waals surface area contributed by atoms with Crippen LogP contribution in [0, 0.1) is 0 Å². The highest BCUT2D eigenvalue weighted by atomic mass is 32.2. The van der Waals surface area contributed by atoms with Gasteiger partial charge in [0.2, 0.25) is 0 Å². The fourth-order valence-corrected chi connectivity index (χ4v) is 2.21. The average Bonchev–Trinajstić information content (AvgIpc) is 2.37. The van der Waals surface area contributed by atoms with Crippen LogP contribution in [0.2, 0.25) is 0 Å². The molecule has 2 N–H and O–H groups in total. The van der Waals surface area contributed by atoms with Crippen LogP contribution in [-0.2, 0) is 9.84 Å². The van der Waals surface area contributed by atoms with Crippen molar-refractivity contribution in [2.24, 2.45) is 0 Å². The summed E-state index contributed by atoms with van der Waals surface area (Å²) in [5.41, 5.74) is 0.568. The first kappa shape index (κ1) is 14.5. The maximum atomic E-state index is 11.6. The van der Waals surface area contributed by atoms with Crippen LogP contribution in [0.4, 0.5) is 10.5 Å². The molecular weight excluding hydrogens is 252 g/mol. The van der Waals surface area contributed by atoms with Crippen LogP contribution >= 0.6 is 0 Å². The summed E-state index contributed by atoms with van der Waals surface area (Å²) < 4.78 is 23.2. The molecule has 0 unspecified atom stereocenters.